The van der Waals surface area contributed by atoms with Gasteiger partial charge < -0.3 is 16.0 Å². The first-order valence-corrected chi connectivity index (χ1v) is 10.0. The van der Waals surface area contributed by atoms with Gasteiger partial charge in [0.2, 0.25) is 11.9 Å². The Morgan fingerprint density at radius 3 is 2.45 bits per heavy atom. The Balaban J connectivity index is 1.63. The fourth-order valence-corrected chi connectivity index (χ4v) is 3.62. The Labute approximate surface area is 170 Å². The van der Waals surface area contributed by atoms with Gasteiger partial charge in [0.1, 0.15) is 5.82 Å². The van der Waals surface area contributed by atoms with Gasteiger partial charge in [-0.05, 0) is 31.0 Å². The summed E-state index contributed by atoms with van der Waals surface area (Å²) < 4.78 is 0. The van der Waals surface area contributed by atoms with E-state index in [1.54, 1.807) is 0 Å². The third-order valence-corrected chi connectivity index (χ3v) is 4.94. The highest BCUT2D eigenvalue weighted by atomic mass is 16.1. The minimum Gasteiger partial charge on any atom is -0.367 e. The molecule has 4 rings (SSSR count). The smallest absolute Gasteiger partial charge is 0.229 e. The van der Waals surface area contributed by atoms with E-state index in [9.17, 15) is 4.79 Å². The number of amides is 1. The molecule has 0 atom stereocenters. The SMILES string of the molecule is CC(=O)Nc1cccc(Nc2nc(NC3CCCC3)cc(-c3ccccc3)n2)c1. The standard InChI is InChI=1S/C23H25N5O/c1-16(29)24-19-12-7-13-20(14-19)26-23-27-21(17-8-3-2-4-9-17)15-22(28-23)25-18-10-5-6-11-18/h2-4,7-9,12-15,18H,5-6,10-11H2,1H3,(H,24,29)(H2,25,26,27,28). The van der Waals surface area contributed by atoms with Crippen molar-refractivity contribution in [3.8, 4) is 11.3 Å². The van der Waals surface area contributed by atoms with Crippen molar-refractivity contribution in [2.45, 2.75) is 38.6 Å². The maximum Gasteiger partial charge on any atom is 0.229 e. The van der Waals surface area contributed by atoms with Crippen molar-refractivity contribution in [2.75, 3.05) is 16.0 Å². The molecule has 2 aromatic carbocycles. The lowest BCUT2D eigenvalue weighted by Crippen LogP contribution is -2.16. The average molecular weight is 387 g/mol. The van der Waals surface area contributed by atoms with E-state index >= 15 is 0 Å². The average Bonchev–Trinajstić information content (AvgIpc) is 3.21. The molecule has 0 aliphatic heterocycles. The van der Waals surface area contributed by atoms with E-state index in [2.05, 4.69) is 20.9 Å². The molecule has 1 amide bonds. The van der Waals surface area contributed by atoms with Gasteiger partial charge >= 0.3 is 0 Å². The molecule has 3 N–H and O–H groups in total. The molecule has 1 fully saturated rings. The lowest BCUT2D eigenvalue weighted by molar-refractivity contribution is -0.114. The summed E-state index contributed by atoms with van der Waals surface area (Å²) in [4.78, 5) is 20.7. The lowest BCUT2D eigenvalue weighted by Gasteiger charge is -2.15. The topological polar surface area (TPSA) is 78.9 Å². The fraction of sp³-hybridized carbons (Fsp3) is 0.261. The summed E-state index contributed by atoms with van der Waals surface area (Å²) in [7, 11) is 0. The molecular formula is C23H25N5O. The Kier molecular flexibility index (Phi) is 5.70. The molecule has 0 saturated heterocycles. The van der Waals surface area contributed by atoms with Crippen LogP contribution in [-0.4, -0.2) is 21.9 Å². The molecule has 1 aromatic heterocycles. The summed E-state index contributed by atoms with van der Waals surface area (Å²) in [5, 5.41) is 9.64. The molecule has 148 valence electrons. The molecule has 0 spiro atoms. The third-order valence-electron chi connectivity index (χ3n) is 4.94. The zero-order valence-electron chi connectivity index (χ0n) is 16.5. The van der Waals surface area contributed by atoms with Gasteiger partial charge in [0.05, 0.1) is 5.69 Å². The monoisotopic (exact) mass is 387 g/mol. The number of nitrogens with one attached hydrogen (secondary N) is 3. The molecule has 0 radical (unpaired) electrons. The minimum absolute atomic E-state index is 0.104. The molecule has 1 aliphatic rings. The first-order valence-electron chi connectivity index (χ1n) is 10.0. The zero-order valence-corrected chi connectivity index (χ0v) is 16.5. The van der Waals surface area contributed by atoms with Crippen molar-refractivity contribution in [1.29, 1.82) is 0 Å². The maximum atomic E-state index is 11.3. The number of carbonyl (C=O) groups is 1. The first-order chi connectivity index (χ1) is 14.2. The van der Waals surface area contributed by atoms with E-state index in [4.69, 9.17) is 4.98 Å². The van der Waals surface area contributed by atoms with Gasteiger partial charge in [0.15, 0.2) is 0 Å². The molecule has 0 unspecified atom stereocenters. The van der Waals surface area contributed by atoms with Crippen molar-refractivity contribution < 1.29 is 4.79 Å². The summed E-state index contributed by atoms with van der Waals surface area (Å²) in [5.74, 6) is 1.24. The van der Waals surface area contributed by atoms with Crippen LogP contribution in [0.1, 0.15) is 32.6 Å². The second kappa shape index (κ2) is 8.73. The van der Waals surface area contributed by atoms with Gasteiger partial charge in [0, 0.05) is 36.0 Å². The highest BCUT2D eigenvalue weighted by Crippen LogP contribution is 2.27. The fourth-order valence-electron chi connectivity index (χ4n) is 3.62. The molecule has 0 bridgehead atoms. The number of benzene rings is 2. The third kappa shape index (κ3) is 5.10. The highest BCUT2D eigenvalue weighted by molar-refractivity contribution is 5.89. The normalized spacial score (nSPS) is 13.8. The van der Waals surface area contributed by atoms with Gasteiger partial charge in [-0.15, -0.1) is 0 Å². The summed E-state index contributed by atoms with van der Waals surface area (Å²) in [6.07, 6.45) is 4.86. The molecule has 6 heteroatoms. The highest BCUT2D eigenvalue weighted by Gasteiger charge is 2.16. The Hall–Kier alpha value is -3.41. The van der Waals surface area contributed by atoms with Crippen LogP contribution in [0.5, 0.6) is 0 Å². The first kappa shape index (κ1) is 18.9. The molecule has 3 aromatic rings. The van der Waals surface area contributed by atoms with Crippen LogP contribution in [0.15, 0.2) is 60.7 Å². The zero-order chi connectivity index (χ0) is 20.1. The summed E-state index contributed by atoms with van der Waals surface area (Å²) >= 11 is 0. The van der Waals surface area contributed by atoms with E-state index in [1.807, 2.05) is 60.7 Å². The van der Waals surface area contributed by atoms with Crippen LogP contribution >= 0.6 is 0 Å². The van der Waals surface area contributed by atoms with Crippen LogP contribution in [0.2, 0.25) is 0 Å². The maximum absolute atomic E-state index is 11.3. The van der Waals surface area contributed by atoms with Gasteiger partial charge in [-0.25, -0.2) is 4.98 Å². The Bertz CT molecular complexity index is 984. The van der Waals surface area contributed by atoms with E-state index in [0.29, 0.717) is 12.0 Å². The van der Waals surface area contributed by atoms with Crippen LogP contribution in [0, 0.1) is 0 Å². The lowest BCUT2D eigenvalue weighted by atomic mass is 10.1. The molecular weight excluding hydrogens is 362 g/mol. The quantitative estimate of drug-likeness (QED) is 0.542. The van der Waals surface area contributed by atoms with Crippen molar-refractivity contribution in [1.82, 2.24) is 9.97 Å². The number of carbonyl (C=O) groups excluding carboxylic acids is 1. The largest absolute Gasteiger partial charge is 0.367 e. The van der Waals surface area contributed by atoms with Gasteiger partial charge in [0.25, 0.3) is 0 Å². The van der Waals surface area contributed by atoms with Gasteiger partial charge in [-0.3, -0.25) is 4.79 Å². The predicted octanol–water partition coefficient (Wildman–Crippen LogP) is 5.20. The van der Waals surface area contributed by atoms with E-state index in [0.717, 1.165) is 28.5 Å². The summed E-state index contributed by atoms with van der Waals surface area (Å²) in [5.41, 5.74) is 3.44. The molecule has 1 aliphatic carbocycles. The number of hydrogen-bond donors (Lipinski definition) is 3. The van der Waals surface area contributed by atoms with E-state index < -0.39 is 0 Å². The number of aromatic nitrogens is 2. The summed E-state index contributed by atoms with van der Waals surface area (Å²) in [6.45, 7) is 1.49. The second-order valence-corrected chi connectivity index (χ2v) is 7.34. The summed E-state index contributed by atoms with van der Waals surface area (Å²) in [6, 6.07) is 20.1. The second-order valence-electron chi connectivity index (χ2n) is 7.34. The molecule has 1 heterocycles. The number of rotatable bonds is 6. The molecule has 6 nitrogen and oxygen atoms in total. The molecule has 29 heavy (non-hydrogen) atoms. The van der Waals surface area contributed by atoms with Crippen molar-refractivity contribution in [3.05, 3.63) is 60.7 Å². The molecule has 1 saturated carbocycles. The van der Waals surface area contributed by atoms with Crippen molar-refractivity contribution >= 4 is 29.0 Å². The van der Waals surface area contributed by atoms with E-state index in [-0.39, 0.29) is 5.91 Å². The van der Waals surface area contributed by atoms with Crippen molar-refractivity contribution in [2.24, 2.45) is 0 Å². The van der Waals surface area contributed by atoms with Gasteiger partial charge in [-0.2, -0.15) is 4.98 Å². The number of nitrogens with zero attached hydrogens (tertiary/aromatic N) is 2. The van der Waals surface area contributed by atoms with E-state index in [1.165, 1.54) is 32.6 Å². The number of hydrogen-bond acceptors (Lipinski definition) is 5. The van der Waals surface area contributed by atoms with Gasteiger partial charge in [-0.1, -0.05) is 49.2 Å². The van der Waals surface area contributed by atoms with Crippen LogP contribution in [0.25, 0.3) is 11.3 Å². The van der Waals surface area contributed by atoms with Crippen LogP contribution in [-0.2, 0) is 4.79 Å². The Morgan fingerprint density at radius 1 is 0.931 bits per heavy atom. The predicted molar refractivity (Wildman–Crippen MR) is 117 cm³/mol. The van der Waals surface area contributed by atoms with Crippen LogP contribution in [0.3, 0.4) is 0 Å². The van der Waals surface area contributed by atoms with Crippen LogP contribution in [0.4, 0.5) is 23.1 Å². The minimum atomic E-state index is -0.104. The van der Waals surface area contributed by atoms with Crippen molar-refractivity contribution in [3.63, 3.8) is 0 Å². The number of anilines is 4. The Morgan fingerprint density at radius 2 is 1.69 bits per heavy atom. The van der Waals surface area contributed by atoms with Crippen LogP contribution < -0.4 is 16.0 Å².